The Bertz CT molecular complexity index is 385. The molecule has 3 nitrogen and oxygen atoms in total. The summed E-state index contributed by atoms with van der Waals surface area (Å²) in [6.45, 7) is 4.07. The standard InChI is InChI=1S/C13H19N3/c1-3-11-9-13(15-10(2)14-11)16-12-7-5-4-6-8-12/h4-5,9,12H,3,6-8H2,1-2H3,(H,14,15,16). The fourth-order valence-corrected chi connectivity index (χ4v) is 2.02. The Labute approximate surface area is 97.0 Å². The lowest BCUT2D eigenvalue weighted by Gasteiger charge is -2.20. The number of aryl methyl sites for hydroxylation is 2. The van der Waals surface area contributed by atoms with Gasteiger partial charge in [0.25, 0.3) is 0 Å². The van der Waals surface area contributed by atoms with E-state index in [2.05, 4.69) is 40.4 Å². The van der Waals surface area contributed by atoms with Gasteiger partial charge in [-0.25, -0.2) is 9.97 Å². The zero-order valence-corrected chi connectivity index (χ0v) is 10.0. The lowest BCUT2D eigenvalue weighted by Crippen LogP contribution is -2.21. The van der Waals surface area contributed by atoms with Crippen LogP contribution in [0.15, 0.2) is 18.2 Å². The van der Waals surface area contributed by atoms with Crippen LogP contribution in [-0.2, 0) is 6.42 Å². The molecule has 0 spiro atoms. The monoisotopic (exact) mass is 217 g/mol. The van der Waals surface area contributed by atoms with Crippen molar-refractivity contribution in [3.05, 3.63) is 29.7 Å². The quantitative estimate of drug-likeness (QED) is 0.791. The number of anilines is 1. The molecule has 1 aromatic rings. The minimum atomic E-state index is 0.531. The third-order valence-electron chi connectivity index (χ3n) is 2.87. The van der Waals surface area contributed by atoms with Crippen LogP contribution in [0.1, 0.15) is 37.7 Å². The number of hydrogen-bond acceptors (Lipinski definition) is 3. The number of aromatic nitrogens is 2. The van der Waals surface area contributed by atoms with Crippen molar-refractivity contribution in [3.8, 4) is 0 Å². The zero-order chi connectivity index (χ0) is 11.4. The van der Waals surface area contributed by atoms with Gasteiger partial charge in [-0.3, -0.25) is 0 Å². The summed E-state index contributed by atoms with van der Waals surface area (Å²) in [6.07, 6.45) is 8.92. The van der Waals surface area contributed by atoms with Crippen LogP contribution in [0.3, 0.4) is 0 Å². The minimum Gasteiger partial charge on any atom is -0.367 e. The number of rotatable bonds is 3. The SMILES string of the molecule is CCc1cc(NC2CC=CCC2)nc(C)n1. The van der Waals surface area contributed by atoms with E-state index in [1.165, 1.54) is 12.8 Å². The van der Waals surface area contributed by atoms with Crippen LogP contribution in [0.4, 0.5) is 5.82 Å². The summed E-state index contributed by atoms with van der Waals surface area (Å²) < 4.78 is 0. The van der Waals surface area contributed by atoms with E-state index in [-0.39, 0.29) is 0 Å². The maximum absolute atomic E-state index is 4.43. The van der Waals surface area contributed by atoms with Crippen LogP contribution in [0, 0.1) is 6.92 Å². The van der Waals surface area contributed by atoms with Gasteiger partial charge >= 0.3 is 0 Å². The smallest absolute Gasteiger partial charge is 0.130 e. The van der Waals surface area contributed by atoms with E-state index in [1.807, 2.05) is 6.92 Å². The summed E-state index contributed by atoms with van der Waals surface area (Å²) in [5.74, 6) is 1.83. The van der Waals surface area contributed by atoms with Crippen molar-refractivity contribution in [2.24, 2.45) is 0 Å². The molecule has 0 saturated carbocycles. The average molecular weight is 217 g/mol. The van der Waals surface area contributed by atoms with Crippen LogP contribution >= 0.6 is 0 Å². The minimum absolute atomic E-state index is 0.531. The van der Waals surface area contributed by atoms with Gasteiger partial charge < -0.3 is 5.32 Å². The third-order valence-corrected chi connectivity index (χ3v) is 2.87. The highest BCUT2D eigenvalue weighted by Gasteiger charge is 2.10. The van der Waals surface area contributed by atoms with Crippen LogP contribution in [0.2, 0.25) is 0 Å². The highest BCUT2D eigenvalue weighted by molar-refractivity contribution is 5.37. The Morgan fingerprint density at radius 2 is 2.25 bits per heavy atom. The number of hydrogen-bond donors (Lipinski definition) is 1. The molecule has 16 heavy (non-hydrogen) atoms. The molecular weight excluding hydrogens is 198 g/mol. The van der Waals surface area contributed by atoms with Gasteiger partial charge in [0.2, 0.25) is 0 Å². The first-order chi connectivity index (χ1) is 7.78. The van der Waals surface area contributed by atoms with Crippen molar-refractivity contribution in [1.29, 1.82) is 0 Å². The maximum atomic E-state index is 4.43. The molecule has 1 aliphatic carbocycles. The number of allylic oxidation sites excluding steroid dienone is 1. The van der Waals surface area contributed by atoms with Gasteiger partial charge in [-0.05, 0) is 32.6 Å². The molecule has 0 radical (unpaired) electrons. The molecule has 1 unspecified atom stereocenters. The molecule has 0 saturated heterocycles. The van der Waals surface area contributed by atoms with Crippen molar-refractivity contribution in [2.75, 3.05) is 5.32 Å². The Morgan fingerprint density at radius 1 is 1.38 bits per heavy atom. The lowest BCUT2D eigenvalue weighted by atomic mass is 10.0. The topological polar surface area (TPSA) is 37.8 Å². The van der Waals surface area contributed by atoms with Crippen LogP contribution in [0.25, 0.3) is 0 Å². The van der Waals surface area contributed by atoms with Gasteiger partial charge in [0.1, 0.15) is 11.6 Å². The van der Waals surface area contributed by atoms with Crippen molar-refractivity contribution in [3.63, 3.8) is 0 Å². The second-order valence-corrected chi connectivity index (χ2v) is 4.27. The summed E-state index contributed by atoms with van der Waals surface area (Å²) in [5, 5.41) is 3.49. The van der Waals surface area contributed by atoms with Crippen molar-refractivity contribution in [1.82, 2.24) is 9.97 Å². The molecule has 1 N–H and O–H groups in total. The highest BCUT2D eigenvalue weighted by Crippen LogP contribution is 2.16. The molecule has 1 atom stereocenters. The summed E-state index contributed by atoms with van der Waals surface area (Å²) in [4.78, 5) is 8.81. The van der Waals surface area contributed by atoms with E-state index < -0.39 is 0 Å². The van der Waals surface area contributed by atoms with E-state index in [4.69, 9.17) is 0 Å². The van der Waals surface area contributed by atoms with Gasteiger partial charge in [0, 0.05) is 17.8 Å². The normalized spacial score (nSPS) is 19.8. The van der Waals surface area contributed by atoms with Crippen LogP contribution in [0.5, 0.6) is 0 Å². The molecule has 2 rings (SSSR count). The van der Waals surface area contributed by atoms with E-state index in [9.17, 15) is 0 Å². The van der Waals surface area contributed by atoms with E-state index >= 15 is 0 Å². The van der Waals surface area contributed by atoms with Crippen LogP contribution < -0.4 is 5.32 Å². The highest BCUT2D eigenvalue weighted by atomic mass is 15.0. The largest absolute Gasteiger partial charge is 0.367 e. The molecular formula is C13H19N3. The Balaban J connectivity index is 2.08. The van der Waals surface area contributed by atoms with E-state index in [0.29, 0.717) is 6.04 Å². The first kappa shape index (κ1) is 11.1. The average Bonchev–Trinajstić information content (AvgIpc) is 2.29. The number of nitrogens with zero attached hydrogens (tertiary/aromatic N) is 2. The maximum Gasteiger partial charge on any atom is 0.130 e. The van der Waals surface area contributed by atoms with E-state index in [0.717, 1.165) is 30.2 Å². The van der Waals surface area contributed by atoms with Gasteiger partial charge in [-0.2, -0.15) is 0 Å². The zero-order valence-electron chi connectivity index (χ0n) is 10.0. The van der Waals surface area contributed by atoms with Crippen molar-refractivity contribution < 1.29 is 0 Å². The molecule has 1 heterocycles. The fraction of sp³-hybridized carbons (Fsp3) is 0.538. The molecule has 3 heteroatoms. The third kappa shape index (κ3) is 2.81. The predicted octanol–water partition coefficient (Wildman–Crippen LogP) is 2.87. The van der Waals surface area contributed by atoms with Crippen molar-refractivity contribution >= 4 is 5.82 Å². The predicted molar refractivity (Wildman–Crippen MR) is 66.5 cm³/mol. The van der Waals surface area contributed by atoms with Gasteiger partial charge in [0.15, 0.2) is 0 Å². The summed E-state index contributed by atoms with van der Waals surface area (Å²) in [5.41, 5.74) is 1.11. The second kappa shape index (κ2) is 5.10. The Morgan fingerprint density at radius 3 is 2.94 bits per heavy atom. The summed E-state index contributed by atoms with van der Waals surface area (Å²) >= 11 is 0. The Kier molecular flexibility index (Phi) is 3.54. The number of nitrogens with one attached hydrogen (secondary N) is 1. The van der Waals surface area contributed by atoms with Crippen LogP contribution in [-0.4, -0.2) is 16.0 Å². The summed E-state index contributed by atoms with van der Waals surface area (Å²) in [6, 6.07) is 2.59. The summed E-state index contributed by atoms with van der Waals surface area (Å²) in [7, 11) is 0. The van der Waals surface area contributed by atoms with Gasteiger partial charge in [-0.15, -0.1) is 0 Å². The van der Waals surface area contributed by atoms with Gasteiger partial charge in [0.05, 0.1) is 0 Å². The lowest BCUT2D eigenvalue weighted by molar-refractivity contribution is 0.641. The molecule has 86 valence electrons. The molecule has 0 aliphatic heterocycles. The Hall–Kier alpha value is -1.38. The molecule has 0 bridgehead atoms. The first-order valence-corrected chi connectivity index (χ1v) is 6.04. The van der Waals surface area contributed by atoms with Crippen molar-refractivity contribution in [2.45, 2.75) is 45.6 Å². The molecule has 1 aliphatic rings. The first-order valence-electron chi connectivity index (χ1n) is 6.04. The van der Waals surface area contributed by atoms with E-state index in [1.54, 1.807) is 0 Å². The molecule has 0 aromatic carbocycles. The molecule has 0 fully saturated rings. The molecule has 1 aromatic heterocycles. The van der Waals surface area contributed by atoms with Gasteiger partial charge in [-0.1, -0.05) is 19.1 Å². The second-order valence-electron chi connectivity index (χ2n) is 4.27. The molecule has 0 amide bonds. The fourth-order valence-electron chi connectivity index (χ4n) is 2.02.